The van der Waals surface area contributed by atoms with Crippen LogP contribution in [0.25, 0.3) is 0 Å². The zero-order valence-corrected chi connectivity index (χ0v) is 15.3. The van der Waals surface area contributed by atoms with E-state index < -0.39 is 17.3 Å². The van der Waals surface area contributed by atoms with Gasteiger partial charge in [-0.2, -0.15) is 0 Å². The molecule has 4 nitrogen and oxygen atoms in total. The molecule has 0 spiro atoms. The van der Waals surface area contributed by atoms with Crippen molar-refractivity contribution in [2.75, 3.05) is 0 Å². The normalized spacial score (nSPS) is 47.9. The Bertz CT molecular complexity index is 628. The van der Waals surface area contributed by atoms with Crippen LogP contribution in [0.2, 0.25) is 0 Å². The molecule has 0 bridgehead atoms. The number of aliphatic hydroxyl groups is 3. The standard InChI is InChI=1S/C20H30O4/c1-11-8-14-13(18(14,3)4)6-7-19(5,23)10-15-16(21)12(2)9-20(15,24)17(11)22/h9-11,13-14,16,21,23-24H,6-8H2,1-5H3. The minimum Gasteiger partial charge on any atom is -0.386 e. The lowest BCUT2D eigenvalue weighted by Gasteiger charge is -2.29. The first-order valence-corrected chi connectivity index (χ1v) is 9.00. The van der Waals surface area contributed by atoms with E-state index in [1.807, 2.05) is 6.92 Å². The van der Waals surface area contributed by atoms with Crippen LogP contribution in [0, 0.1) is 23.2 Å². The van der Waals surface area contributed by atoms with Crippen LogP contribution in [-0.4, -0.2) is 38.4 Å². The Kier molecular flexibility index (Phi) is 3.91. The topological polar surface area (TPSA) is 77.8 Å². The molecule has 6 unspecified atom stereocenters. The first kappa shape index (κ1) is 17.8. The summed E-state index contributed by atoms with van der Waals surface area (Å²) in [7, 11) is 0. The van der Waals surface area contributed by atoms with E-state index in [1.54, 1.807) is 13.8 Å². The Morgan fingerprint density at radius 1 is 1.12 bits per heavy atom. The maximum atomic E-state index is 13.0. The van der Waals surface area contributed by atoms with Crippen molar-refractivity contribution in [2.24, 2.45) is 23.2 Å². The molecule has 0 amide bonds. The summed E-state index contributed by atoms with van der Waals surface area (Å²) in [6.07, 6.45) is 4.17. The first-order chi connectivity index (χ1) is 10.9. The lowest BCUT2D eigenvalue weighted by Crippen LogP contribution is -2.43. The minimum absolute atomic E-state index is 0.180. The van der Waals surface area contributed by atoms with Gasteiger partial charge in [0.2, 0.25) is 0 Å². The lowest BCUT2D eigenvalue weighted by molar-refractivity contribution is -0.134. The summed E-state index contributed by atoms with van der Waals surface area (Å²) in [6.45, 7) is 9.71. The second-order valence-corrected chi connectivity index (χ2v) is 9.09. The highest BCUT2D eigenvalue weighted by atomic mass is 16.3. The summed E-state index contributed by atoms with van der Waals surface area (Å²) in [5.41, 5.74) is -2.00. The maximum absolute atomic E-state index is 13.0. The Labute approximate surface area is 144 Å². The highest BCUT2D eigenvalue weighted by molar-refractivity contribution is 5.96. The number of Topliss-reactive ketones (excluding diaryl/α,β-unsaturated/α-hetero) is 1. The molecule has 24 heavy (non-hydrogen) atoms. The molecule has 3 aliphatic rings. The summed E-state index contributed by atoms with van der Waals surface area (Å²) < 4.78 is 0. The Balaban J connectivity index is 2.05. The molecule has 3 rings (SSSR count). The molecule has 1 saturated carbocycles. The van der Waals surface area contributed by atoms with Crippen molar-refractivity contribution in [3.05, 3.63) is 23.3 Å². The van der Waals surface area contributed by atoms with Crippen molar-refractivity contribution in [3.63, 3.8) is 0 Å². The van der Waals surface area contributed by atoms with Crippen LogP contribution < -0.4 is 0 Å². The number of rotatable bonds is 0. The molecular weight excluding hydrogens is 304 g/mol. The third kappa shape index (κ3) is 2.59. The third-order valence-electron chi connectivity index (χ3n) is 6.75. The van der Waals surface area contributed by atoms with E-state index >= 15 is 0 Å². The molecule has 3 aliphatic carbocycles. The largest absolute Gasteiger partial charge is 0.386 e. The quantitative estimate of drug-likeness (QED) is 0.594. The highest BCUT2D eigenvalue weighted by Gasteiger charge is 2.59. The van der Waals surface area contributed by atoms with E-state index in [9.17, 15) is 20.1 Å². The van der Waals surface area contributed by atoms with Crippen LogP contribution in [-0.2, 0) is 4.79 Å². The monoisotopic (exact) mass is 334 g/mol. The number of carbonyl (C=O) groups excluding carboxylic acids is 1. The average Bonchev–Trinajstić information content (AvgIpc) is 2.91. The molecule has 1 fully saturated rings. The molecule has 0 aromatic carbocycles. The fourth-order valence-electron chi connectivity index (χ4n) is 4.96. The molecule has 6 atom stereocenters. The van der Waals surface area contributed by atoms with Gasteiger partial charge in [0.25, 0.3) is 0 Å². The molecular formula is C20H30O4. The van der Waals surface area contributed by atoms with Crippen LogP contribution >= 0.6 is 0 Å². The lowest BCUT2D eigenvalue weighted by atomic mass is 9.81. The van der Waals surface area contributed by atoms with E-state index in [1.165, 1.54) is 12.2 Å². The van der Waals surface area contributed by atoms with Crippen molar-refractivity contribution in [1.82, 2.24) is 0 Å². The number of ketones is 1. The molecule has 0 aliphatic heterocycles. The Hall–Kier alpha value is -0.970. The van der Waals surface area contributed by atoms with Gasteiger partial charge in [0.15, 0.2) is 11.4 Å². The summed E-state index contributed by atoms with van der Waals surface area (Å²) in [6, 6.07) is 0. The van der Waals surface area contributed by atoms with Gasteiger partial charge in [-0.05, 0) is 68.1 Å². The van der Waals surface area contributed by atoms with Crippen molar-refractivity contribution >= 4 is 5.78 Å². The average molecular weight is 334 g/mol. The van der Waals surface area contributed by atoms with Crippen LogP contribution in [0.15, 0.2) is 23.3 Å². The molecule has 0 aromatic rings. The number of fused-ring (bicyclic) bond motifs is 2. The number of hydrogen-bond acceptors (Lipinski definition) is 4. The Morgan fingerprint density at radius 2 is 1.75 bits per heavy atom. The van der Waals surface area contributed by atoms with Crippen molar-refractivity contribution in [3.8, 4) is 0 Å². The highest BCUT2D eigenvalue weighted by Crippen LogP contribution is 2.63. The molecule has 3 N–H and O–H groups in total. The number of aliphatic hydroxyl groups excluding tert-OH is 1. The van der Waals surface area contributed by atoms with Crippen molar-refractivity contribution < 1.29 is 20.1 Å². The van der Waals surface area contributed by atoms with E-state index in [-0.39, 0.29) is 22.7 Å². The van der Waals surface area contributed by atoms with E-state index in [0.29, 0.717) is 23.8 Å². The number of carbonyl (C=O) groups is 1. The second kappa shape index (κ2) is 5.26. The van der Waals surface area contributed by atoms with E-state index in [2.05, 4.69) is 13.8 Å². The zero-order valence-electron chi connectivity index (χ0n) is 15.3. The van der Waals surface area contributed by atoms with Gasteiger partial charge in [-0.1, -0.05) is 20.8 Å². The third-order valence-corrected chi connectivity index (χ3v) is 6.75. The first-order valence-electron chi connectivity index (χ1n) is 9.00. The van der Waals surface area contributed by atoms with Gasteiger partial charge in [-0.25, -0.2) is 0 Å². The summed E-state index contributed by atoms with van der Waals surface area (Å²) >= 11 is 0. The smallest absolute Gasteiger partial charge is 0.175 e. The van der Waals surface area contributed by atoms with Crippen molar-refractivity contribution in [1.29, 1.82) is 0 Å². The van der Waals surface area contributed by atoms with Gasteiger partial charge < -0.3 is 15.3 Å². The predicted molar refractivity (Wildman–Crippen MR) is 92.2 cm³/mol. The van der Waals surface area contributed by atoms with Gasteiger partial charge in [0, 0.05) is 11.5 Å². The summed E-state index contributed by atoms with van der Waals surface area (Å²) in [5.74, 6) is 0.370. The number of hydrogen-bond donors (Lipinski definition) is 3. The van der Waals surface area contributed by atoms with Crippen molar-refractivity contribution in [2.45, 2.75) is 71.2 Å². The second-order valence-electron chi connectivity index (χ2n) is 9.09. The van der Waals surface area contributed by atoms with E-state index in [0.717, 1.165) is 12.8 Å². The fraction of sp³-hybridized carbons (Fsp3) is 0.750. The van der Waals surface area contributed by atoms with Crippen LogP contribution in [0.4, 0.5) is 0 Å². The molecule has 0 saturated heterocycles. The maximum Gasteiger partial charge on any atom is 0.175 e. The SMILES string of the molecule is CC1=CC2(O)C(=O)C(C)CC3C(CCC(C)(O)C=C2C1O)C3(C)C. The minimum atomic E-state index is -1.80. The summed E-state index contributed by atoms with van der Waals surface area (Å²) in [4.78, 5) is 13.0. The zero-order chi connectivity index (χ0) is 18.1. The molecule has 0 aromatic heterocycles. The van der Waals surface area contributed by atoms with Gasteiger partial charge in [0.1, 0.15) is 0 Å². The summed E-state index contributed by atoms with van der Waals surface area (Å²) in [5, 5.41) is 32.3. The molecule has 134 valence electrons. The molecule has 0 heterocycles. The van der Waals surface area contributed by atoms with Crippen LogP contribution in [0.5, 0.6) is 0 Å². The van der Waals surface area contributed by atoms with E-state index in [4.69, 9.17) is 0 Å². The Morgan fingerprint density at radius 3 is 2.38 bits per heavy atom. The van der Waals surface area contributed by atoms with Gasteiger partial charge >= 0.3 is 0 Å². The molecule has 4 heteroatoms. The van der Waals surface area contributed by atoms with Gasteiger partial charge in [0.05, 0.1) is 11.7 Å². The fourth-order valence-corrected chi connectivity index (χ4v) is 4.96. The van der Waals surface area contributed by atoms with Crippen LogP contribution in [0.3, 0.4) is 0 Å². The van der Waals surface area contributed by atoms with Crippen LogP contribution in [0.1, 0.15) is 53.9 Å². The van der Waals surface area contributed by atoms with Gasteiger partial charge in [-0.15, -0.1) is 0 Å². The van der Waals surface area contributed by atoms with Gasteiger partial charge in [-0.3, -0.25) is 4.79 Å². The predicted octanol–water partition coefficient (Wildman–Crippen LogP) is 2.38. The molecule has 0 radical (unpaired) electrons.